The normalized spacial score (nSPS) is 28.5. The van der Waals surface area contributed by atoms with Crippen molar-refractivity contribution in [1.29, 1.82) is 0 Å². The average Bonchev–Trinajstić information content (AvgIpc) is 2.57. The topological polar surface area (TPSA) is 17.1 Å². The summed E-state index contributed by atoms with van der Waals surface area (Å²) in [6.45, 7) is 2.18. The Bertz CT molecular complexity index is 629. The Labute approximate surface area is 133 Å². The number of carbonyl (C=O) groups excluding carboxylic acids is 1. The molecule has 0 aromatic heterocycles. The highest BCUT2D eigenvalue weighted by Gasteiger charge is 2.41. The minimum Gasteiger partial charge on any atom is -0.299 e. The van der Waals surface area contributed by atoms with Crippen molar-refractivity contribution in [1.82, 2.24) is 0 Å². The molecule has 0 heterocycles. The zero-order chi connectivity index (χ0) is 15.4. The molecule has 1 fully saturated rings. The summed E-state index contributed by atoms with van der Waals surface area (Å²) in [5.74, 6) is 7.45. The van der Waals surface area contributed by atoms with Crippen LogP contribution in [0.4, 0.5) is 0 Å². The van der Waals surface area contributed by atoms with E-state index in [0.29, 0.717) is 11.7 Å². The Morgan fingerprint density at radius 1 is 1.05 bits per heavy atom. The molecule has 2 unspecified atom stereocenters. The van der Waals surface area contributed by atoms with Gasteiger partial charge in [-0.15, -0.1) is 0 Å². The van der Waals surface area contributed by atoms with Gasteiger partial charge in [0.15, 0.2) is 0 Å². The van der Waals surface area contributed by atoms with Crippen molar-refractivity contribution in [2.75, 3.05) is 0 Å². The van der Waals surface area contributed by atoms with Gasteiger partial charge in [0, 0.05) is 17.4 Å². The van der Waals surface area contributed by atoms with Crippen LogP contribution < -0.4 is 0 Å². The summed E-state index contributed by atoms with van der Waals surface area (Å²) in [6, 6.07) is 10.1. The molecule has 1 aromatic rings. The van der Waals surface area contributed by atoms with Crippen LogP contribution in [0.2, 0.25) is 0 Å². The highest BCUT2D eigenvalue weighted by Crippen LogP contribution is 2.44. The van der Waals surface area contributed by atoms with E-state index < -0.39 is 0 Å². The van der Waals surface area contributed by atoms with Gasteiger partial charge >= 0.3 is 0 Å². The molecule has 114 valence electrons. The second-order valence-corrected chi connectivity index (χ2v) is 6.85. The van der Waals surface area contributed by atoms with Crippen LogP contribution >= 0.6 is 0 Å². The van der Waals surface area contributed by atoms with E-state index in [9.17, 15) is 4.79 Å². The van der Waals surface area contributed by atoms with Crippen molar-refractivity contribution >= 4 is 5.78 Å². The third-order valence-electron chi connectivity index (χ3n) is 5.31. The minimum atomic E-state index is -0.141. The van der Waals surface area contributed by atoms with Crippen LogP contribution in [0.3, 0.4) is 0 Å². The molecular formula is C21H24O. The molecule has 0 saturated heterocycles. The van der Waals surface area contributed by atoms with Crippen molar-refractivity contribution in [3.05, 3.63) is 47.5 Å². The third kappa shape index (κ3) is 3.17. The molecule has 2 atom stereocenters. The SMILES string of the molecule is CC1(C2C=C(C#Cc3ccccc3)CCC2)CCCCC1=O. The van der Waals surface area contributed by atoms with Gasteiger partial charge in [0.25, 0.3) is 0 Å². The number of carbonyl (C=O) groups is 1. The highest BCUT2D eigenvalue weighted by molar-refractivity contribution is 5.85. The van der Waals surface area contributed by atoms with Crippen molar-refractivity contribution in [3.8, 4) is 11.8 Å². The van der Waals surface area contributed by atoms with Crippen LogP contribution in [0.25, 0.3) is 0 Å². The molecule has 2 aliphatic rings. The van der Waals surface area contributed by atoms with Gasteiger partial charge < -0.3 is 0 Å². The first-order chi connectivity index (χ1) is 10.7. The molecule has 0 bridgehead atoms. The molecule has 0 aliphatic heterocycles. The second-order valence-electron chi connectivity index (χ2n) is 6.85. The zero-order valence-electron chi connectivity index (χ0n) is 13.4. The molecular weight excluding hydrogens is 268 g/mol. The van der Waals surface area contributed by atoms with E-state index in [-0.39, 0.29) is 5.41 Å². The third-order valence-corrected chi connectivity index (χ3v) is 5.31. The maximum atomic E-state index is 12.4. The molecule has 0 radical (unpaired) electrons. The van der Waals surface area contributed by atoms with Gasteiger partial charge in [0.05, 0.1) is 0 Å². The lowest BCUT2D eigenvalue weighted by Gasteiger charge is -2.39. The Balaban J connectivity index is 1.80. The average molecular weight is 292 g/mol. The largest absolute Gasteiger partial charge is 0.299 e. The summed E-state index contributed by atoms with van der Waals surface area (Å²) in [5, 5.41) is 0. The lowest BCUT2D eigenvalue weighted by atomic mass is 9.63. The minimum absolute atomic E-state index is 0.141. The van der Waals surface area contributed by atoms with Crippen LogP contribution in [-0.4, -0.2) is 5.78 Å². The van der Waals surface area contributed by atoms with Crippen LogP contribution in [0, 0.1) is 23.2 Å². The first-order valence-corrected chi connectivity index (χ1v) is 8.49. The van der Waals surface area contributed by atoms with E-state index in [1.165, 1.54) is 12.0 Å². The first kappa shape index (κ1) is 15.1. The number of benzene rings is 1. The van der Waals surface area contributed by atoms with E-state index in [1.807, 2.05) is 30.3 Å². The molecule has 1 nitrogen and oxygen atoms in total. The van der Waals surface area contributed by atoms with Crippen LogP contribution in [0.5, 0.6) is 0 Å². The Kier molecular flexibility index (Phi) is 4.48. The first-order valence-electron chi connectivity index (χ1n) is 8.49. The lowest BCUT2D eigenvalue weighted by molar-refractivity contribution is -0.132. The summed E-state index contributed by atoms with van der Waals surface area (Å²) in [6.07, 6.45) is 9.74. The quantitative estimate of drug-likeness (QED) is 0.672. The summed E-state index contributed by atoms with van der Waals surface area (Å²) in [5.41, 5.74) is 2.14. The predicted octanol–water partition coefficient (Wildman–Crippen LogP) is 4.91. The smallest absolute Gasteiger partial charge is 0.139 e. The number of rotatable bonds is 1. The summed E-state index contributed by atoms with van der Waals surface area (Å²) >= 11 is 0. The fourth-order valence-corrected chi connectivity index (χ4v) is 3.80. The molecule has 3 rings (SSSR count). The van der Waals surface area contributed by atoms with Gasteiger partial charge in [-0.3, -0.25) is 4.79 Å². The van der Waals surface area contributed by atoms with Gasteiger partial charge in [0.2, 0.25) is 0 Å². The molecule has 1 aromatic carbocycles. The molecule has 0 N–H and O–H groups in total. The second kappa shape index (κ2) is 6.53. The van der Waals surface area contributed by atoms with E-state index >= 15 is 0 Å². The molecule has 1 saturated carbocycles. The molecule has 1 heteroatoms. The van der Waals surface area contributed by atoms with E-state index in [0.717, 1.165) is 44.1 Å². The van der Waals surface area contributed by atoms with E-state index in [2.05, 4.69) is 24.8 Å². The number of hydrogen-bond donors (Lipinski definition) is 0. The van der Waals surface area contributed by atoms with Gasteiger partial charge in [-0.1, -0.05) is 49.5 Å². The van der Waals surface area contributed by atoms with Crippen LogP contribution in [0.1, 0.15) is 57.4 Å². The summed E-state index contributed by atoms with van der Waals surface area (Å²) in [4.78, 5) is 12.4. The van der Waals surface area contributed by atoms with E-state index in [1.54, 1.807) is 0 Å². The van der Waals surface area contributed by atoms with Crippen LogP contribution in [-0.2, 0) is 4.79 Å². The van der Waals surface area contributed by atoms with Gasteiger partial charge in [-0.05, 0) is 55.7 Å². The van der Waals surface area contributed by atoms with Crippen molar-refractivity contribution in [2.24, 2.45) is 11.3 Å². The van der Waals surface area contributed by atoms with Gasteiger partial charge in [0.1, 0.15) is 5.78 Å². The molecule has 2 aliphatic carbocycles. The van der Waals surface area contributed by atoms with Gasteiger partial charge in [-0.2, -0.15) is 0 Å². The Morgan fingerprint density at radius 3 is 2.64 bits per heavy atom. The zero-order valence-corrected chi connectivity index (χ0v) is 13.4. The number of Topliss-reactive ketones (excluding diaryl/α,β-unsaturated/α-hetero) is 1. The van der Waals surface area contributed by atoms with Crippen molar-refractivity contribution in [3.63, 3.8) is 0 Å². The maximum absolute atomic E-state index is 12.4. The number of allylic oxidation sites excluding steroid dienone is 2. The number of ketones is 1. The molecule has 22 heavy (non-hydrogen) atoms. The van der Waals surface area contributed by atoms with Crippen LogP contribution in [0.15, 0.2) is 42.0 Å². The Hall–Kier alpha value is -1.81. The fraction of sp³-hybridized carbons (Fsp3) is 0.476. The predicted molar refractivity (Wildman–Crippen MR) is 90.3 cm³/mol. The number of hydrogen-bond acceptors (Lipinski definition) is 1. The van der Waals surface area contributed by atoms with Crippen molar-refractivity contribution < 1.29 is 4.79 Å². The van der Waals surface area contributed by atoms with E-state index in [4.69, 9.17) is 0 Å². The molecule has 0 amide bonds. The molecule has 0 spiro atoms. The monoisotopic (exact) mass is 292 g/mol. The highest BCUT2D eigenvalue weighted by atomic mass is 16.1. The van der Waals surface area contributed by atoms with Crippen molar-refractivity contribution in [2.45, 2.75) is 51.9 Å². The fourth-order valence-electron chi connectivity index (χ4n) is 3.80. The van der Waals surface area contributed by atoms with Gasteiger partial charge in [-0.25, -0.2) is 0 Å². The summed E-state index contributed by atoms with van der Waals surface area (Å²) in [7, 11) is 0. The standard InChI is InChI=1S/C21H24O/c1-21(15-6-5-12-20(21)22)19-11-7-10-18(16-19)14-13-17-8-3-2-4-9-17/h2-4,8-9,16,19H,5-7,10-12,15H2,1H3. The summed E-state index contributed by atoms with van der Waals surface area (Å²) < 4.78 is 0. The Morgan fingerprint density at radius 2 is 1.86 bits per heavy atom. The maximum Gasteiger partial charge on any atom is 0.139 e. The lowest BCUT2D eigenvalue weighted by Crippen LogP contribution is -2.38.